The molecule has 134 valence electrons. The first kappa shape index (κ1) is 17.1. The third-order valence-corrected chi connectivity index (χ3v) is 6.10. The monoisotopic (exact) mass is 359 g/mol. The molecule has 2 atom stereocenters. The van der Waals surface area contributed by atoms with Gasteiger partial charge in [-0.25, -0.2) is 4.98 Å². The first-order valence-corrected chi connectivity index (χ1v) is 9.93. The van der Waals surface area contributed by atoms with Gasteiger partial charge in [0.05, 0.1) is 32.0 Å². The van der Waals surface area contributed by atoms with Gasteiger partial charge in [0.1, 0.15) is 5.01 Å². The van der Waals surface area contributed by atoms with Crippen LogP contribution in [0, 0.1) is 5.92 Å². The van der Waals surface area contributed by atoms with Crippen molar-refractivity contribution in [3.8, 4) is 0 Å². The van der Waals surface area contributed by atoms with Crippen LogP contribution in [0.1, 0.15) is 29.8 Å². The van der Waals surface area contributed by atoms with E-state index in [0.29, 0.717) is 12.5 Å². The lowest BCUT2D eigenvalue weighted by Crippen LogP contribution is -2.54. The molecule has 2 fully saturated rings. The molecule has 1 saturated heterocycles. The maximum atomic E-state index is 6.34. The van der Waals surface area contributed by atoms with Crippen LogP contribution in [-0.4, -0.2) is 46.8 Å². The van der Waals surface area contributed by atoms with Crippen LogP contribution in [0.3, 0.4) is 0 Å². The summed E-state index contributed by atoms with van der Waals surface area (Å²) in [7, 11) is 0. The Kier molecular flexibility index (Phi) is 5.41. The molecule has 2 aliphatic rings. The molecule has 3 heterocycles. The van der Waals surface area contributed by atoms with Gasteiger partial charge >= 0.3 is 0 Å². The summed E-state index contributed by atoms with van der Waals surface area (Å²) < 4.78 is 12.4. The van der Waals surface area contributed by atoms with Crippen molar-refractivity contribution in [2.24, 2.45) is 5.92 Å². The van der Waals surface area contributed by atoms with Crippen molar-refractivity contribution in [3.63, 3.8) is 0 Å². The highest BCUT2D eigenvalue weighted by Gasteiger charge is 2.46. The van der Waals surface area contributed by atoms with Gasteiger partial charge in [-0.3, -0.25) is 9.88 Å². The Labute approximate surface area is 153 Å². The van der Waals surface area contributed by atoms with Crippen LogP contribution in [0.25, 0.3) is 0 Å². The van der Waals surface area contributed by atoms with Crippen LogP contribution in [0.4, 0.5) is 0 Å². The number of aromatic nitrogens is 2. The zero-order valence-electron chi connectivity index (χ0n) is 14.5. The lowest BCUT2D eigenvalue weighted by molar-refractivity contribution is -0.144. The highest BCUT2D eigenvalue weighted by molar-refractivity contribution is 7.09. The third-order valence-electron chi connectivity index (χ3n) is 5.34. The first-order chi connectivity index (χ1) is 12.3. The van der Waals surface area contributed by atoms with Gasteiger partial charge in [-0.1, -0.05) is 12.5 Å². The lowest BCUT2D eigenvalue weighted by Gasteiger charge is -2.44. The molecule has 1 aliphatic carbocycles. The van der Waals surface area contributed by atoms with Crippen LogP contribution >= 0.6 is 11.3 Å². The molecule has 5 nitrogen and oxygen atoms in total. The van der Waals surface area contributed by atoms with Crippen molar-refractivity contribution in [2.75, 3.05) is 26.3 Å². The maximum absolute atomic E-state index is 6.34. The van der Waals surface area contributed by atoms with Crippen molar-refractivity contribution >= 4 is 11.3 Å². The smallest absolute Gasteiger partial charge is 0.107 e. The highest BCUT2D eigenvalue weighted by atomic mass is 32.1. The largest absolute Gasteiger partial charge is 0.376 e. The molecule has 0 bridgehead atoms. The van der Waals surface area contributed by atoms with E-state index in [1.807, 2.05) is 18.5 Å². The van der Waals surface area contributed by atoms with Crippen molar-refractivity contribution < 1.29 is 9.47 Å². The second-order valence-corrected chi connectivity index (χ2v) is 7.99. The second-order valence-electron chi connectivity index (χ2n) is 7.02. The quantitative estimate of drug-likeness (QED) is 0.793. The first-order valence-electron chi connectivity index (χ1n) is 9.05. The zero-order chi connectivity index (χ0) is 17.0. The van der Waals surface area contributed by atoms with E-state index in [2.05, 4.69) is 26.3 Å². The standard InChI is InChI=1S/C19H25N3O2S/c1-4-17(14-23-13-16-3-2-6-20-11-16)19(5-1)15-22(8-9-24-19)12-18-21-7-10-25-18/h2-3,6-7,10-11,17H,1,4-5,8-9,12-15H2/t17-,19+/m0/s1. The fourth-order valence-electron chi connectivity index (χ4n) is 4.09. The number of pyridine rings is 1. The van der Waals surface area contributed by atoms with Gasteiger partial charge in [-0.2, -0.15) is 0 Å². The molecule has 0 amide bonds. The van der Waals surface area contributed by atoms with Crippen molar-refractivity contribution in [3.05, 3.63) is 46.7 Å². The third kappa shape index (κ3) is 4.08. The minimum Gasteiger partial charge on any atom is -0.376 e. The molecule has 25 heavy (non-hydrogen) atoms. The number of hydrogen-bond donors (Lipinski definition) is 0. The summed E-state index contributed by atoms with van der Waals surface area (Å²) in [6.45, 7) is 5.12. The van der Waals surface area contributed by atoms with Gasteiger partial charge in [-0.15, -0.1) is 11.3 Å². The molecule has 0 unspecified atom stereocenters. The molecule has 0 aromatic carbocycles. The van der Waals surface area contributed by atoms with E-state index in [-0.39, 0.29) is 5.60 Å². The van der Waals surface area contributed by atoms with E-state index in [1.165, 1.54) is 17.8 Å². The van der Waals surface area contributed by atoms with Gasteiger partial charge in [-0.05, 0) is 24.5 Å². The highest BCUT2D eigenvalue weighted by Crippen LogP contribution is 2.41. The number of hydrogen-bond acceptors (Lipinski definition) is 6. The van der Waals surface area contributed by atoms with Gasteiger partial charge < -0.3 is 9.47 Å². The Morgan fingerprint density at radius 1 is 1.40 bits per heavy atom. The minimum absolute atomic E-state index is 0.0373. The second kappa shape index (κ2) is 7.91. The molecule has 6 heteroatoms. The average Bonchev–Trinajstić information content (AvgIpc) is 3.27. The van der Waals surface area contributed by atoms with Gasteiger partial charge in [0.2, 0.25) is 0 Å². The Balaban J connectivity index is 1.34. The summed E-state index contributed by atoms with van der Waals surface area (Å²) >= 11 is 1.74. The van der Waals surface area contributed by atoms with E-state index in [1.54, 1.807) is 17.5 Å². The molecule has 0 N–H and O–H groups in total. The number of morpholine rings is 1. The van der Waals surface area contributed by atoms with Crippen LogP contribution < -0.4 is 0 Å². The molecular weight excluding hydrogens is 334 g/mol. The van der Waals surface area contributed by atoms with Crippen LogP contribution in [0.2, 0.25) is 0 Å². The number of ether oxygens (including phenoxy) is 2. The zero-order valence-corrected chi connectivity index (χ0v) is 15.3. The Morgan fingerprint density at radius 2 is 2.40 bits per heavy atom. The predicted octanol–water partition coefficient (Wildman–Crippen LogP) is 3.13. The Morgan fingerprint density at radius 3 is 3.24 bits per heavy atom. The van der Waals surface area contributed by atoms with E-state index < -0.39 is 0 Å². The fourth-order valence-corrected chi connectivity index (χ4v) is 4.75. The lowest BCUT2D eigenvalue weighted by atomic mass is 9.89. The van der Waals surface area contributed by atoms with Crippen molar-refractivity contribution in [1.82, 2.24) is 14.9 Å². The fraction of sp³-hybridized carbons (Fsp3) is 0.579. The molecule has 4 rings (SSSR count). The molecule has 0 radical (unpaired) electrons. The van der Waals surface area contributed by atoms with Crippen molar-refractivity contribution in [2.45, 2.75) is 38.0 Å². The summed E-state index contributed by atoms with van der Waals surface area (Å²) in [5, 5.41) is 3.25. The average molecular weight is 359 g/mol. The van der Waals surface area contributed by atoms with Gasteiger partial charge in [0.15, 0.2) is 0 Å². The van der Waals surface area contributed by atoms with Crippen molar-refractivity contribution in [1.29, 1.82) is 0 Å². The molecule has 2 aromatic rings. The topological polar surface area (TPSA) is 47.5 Å². The van der Waals surface area contributed by atoms with Gasteiger partial charge in [0.25, 0.3) is 0 Å². The normalized spacial score (nSPS) is 27.1. The SMILES string of the molecule is c1cncc(COC[C@@H]2CCC[C@@]23CN(Cc2nccs2)CCO3)c1. The maximum Gasteiger partial charge on any atom is 0.107 e. The molecular formula is C19H25N3O2S. The van der Waals surface area contributed by atoms with Crippen LogP contribution in [0.5, 0.6) is 0 Å². The summed E-state index contributed by atoms with van der Waals surface area (Å²) in [6.07, 6.45) is 9.12. The predicted molar refractivity (Wildman–Crippen MR) is 97.3 cm³/mol. The summed E-state index contributed by atoms with van der Waals surface area (Å²) in [5.74, 6) is 0.475. The molecule has 1 spiro atoms. The minimum atomic E-state index is -0.0373. The van der Waals surface area contributed by atoms with Crippen LogP contribution in [-0.2, 0) is 22.6 Å². The van der Waals surface area contributed by atoms with E-state index >= 15 is 0 Å². The van der Waals surface area contributed by atoms with E-state index in [4.69, 9.17) is 9.47 Å². The molecule has 2 aromatic heterocycles. The number of thiazole rings is 1. The van der Waals surface area contributed by atoms with Gasteiger partial charge in [0, 0.05) is 43.0 Å². The summed E-state index contributed by atoms with van der Waals surface area (Å²) in [5.41, 5.74) is 1.09. The Bertz CT molecular complexity index is 652. The number of nitrogens with zero attached hydrogens (tertiary/aromatic N) is 3. The van der Waals surface area contributed by atoms with Crippen LogP contribution in [0.15, 0.2) is 36.1 Å². The number of rotatable bonds is 6. The summed E-state index contributed by atoms with van der Waals surface area (Å²) in [4.78, 5) is 11.1. The van der Waals surface area contributed by atoms with E-state index in [9.17, 15) is 0 Å². The molecule has 1 saturated carbocycles. The molecule has 1 aliphatic heterocycles. The van der Waals surface area contributed by atoms with E-state index in [0.717, 1.165) is 44.8 Å². The summed E-state index contributed by atoms with van der Waals surface area (Å²) in [6, 6.07) is 4.01. The Hall–Kier alpha value is -1.34.